The Kier molecular flexibility index (Phi) is 9.01. The molecule has 0 aromatic heterocycles. The van der Waals surface area contributed by atoms with Gasteiger partial charge in [-0.1, -0.05) is 30.3 Å². The summed E-state index contributed by atoms with van der Waals surface area (Å²) in [6, 6.07) is 14.8. The average molecular weight is 445 g/mol. The molecule has 0 spiro atoms. The van der Waals surface area contributed by atoms with E-state index in [1.165, 1.54) is 11.6 Å². The van der Waals surface area contributed by atoms with Gasteiger partial charge in [-0.25, -0.2) is 4.39 Å². The predicted octanol–water partition coefficient (Wildman–Crippen LogP) is 4.41. The summed E-state index contributed by atoms with van der Waals surface area (Å²) in [6.07, 6.45) is 0. The second-order valence-corrected chi connectivity index (χ2v) is 6.01. The van der Waals surface area contributed by atoms with Crippen molar-refractivity contribution < 1.29 is 4.39 Å². The van der Waals surface area contributed by atoms with Crippen LogP contribution in [-0.2, 0) is 5.75 Å². The first-order valence-electron chi connectivity index (χ1n) is 7.10. The SMILES string of the molecule is Cc1cccc(NC(N)=NCCSCc2ccccc2F)c1.I. The second kappa shape index (κ2) is 10.5. The Morgan fingerprint density at radius 3 is 2.74 bits per heavy atom. The van der Waals surface area contributed by atoms with E-state index in [-0.39, 0.29) is 29.8 Å². The van der Waals surface area contributed by atoms with Crippen LogP contribution < -0.4 is 11.1 Å². The third kappa shape index (κ3) is 7.22. The fourth-order valence-electron chi connectivity index (χ4n) is 1.94. The molecule has 0 aliphatic rings. The molecule has 0 amide bonds. The molecule has 3 nitrogen and oxygen atoms in total. The number of nitrogens with two attached hydrogens (primary N) is 1. The number of benzene rings is 2. The van der Waals surface area contributed by atoms with Crippen molar-refractivity contribution in [1.82, 2.24) is 0 Å². The largest absolute Gasteiger partial charge is 0.370 e. The number of anilines is 1. The molecule has 0 saturated heterocycles. The van der Waals surface area contributed by atoms with Crippen molar-refractivity contribution in [3.63, 3.8) is 0 Å². The van der Waals surface area contributed by atoms with E-state index in [0.29, 0.717) is 18.3 Å². The Morgan fingerprint density at radius 1 is 1.22 bits per heavy atom. The minimum atomic E-state index is -0.154. The average Bonchev–Trinajstić information content (AvgIpc) is 2.48. The number of thioether (sulfide) groups is 1. The summed E-state index contributed by atoms with van der Waals surface area (Å²) in [5, 5.41) is 3.06. The number of halogens is 2. The van der Waals surface area contributed by atoms with Crippen LogP contribution in [0, 0.1) is 12.7 Å². The Bertz CT molecular complexity index is 649. The summed E-state index contributed by atoms with van der Waals surface area (Å²) in [7, 11) is 0. The van der Waals surface area contributed by atoms with Crippen LogP contribution >= 0.6 is 35.7 Å². The third-order valence-electron chi connectivity index (χ3n) is 3.02. The maximum Gasteiger partial charge on any atom is 0.193 e. The Labute approximate surface area is 158 Å². The highest BCUT2D eigenvalue weighted by atomic mass is 127. The molecule has 0 fully saturated rings. The van der Waals surface area contributed by atoms with Gasteiger partial charge in [-0.3, -0.25) is 4.99 Å². The number of nitrogens with zero attached hydrogens (tertiary/aromatic N) is 1. The van der Waals surface area contributed by atoms with E-state index in [0.717, 1.165) is 17.0 Å². The van der Waals surface area contributed by atoms with E-state index in [1.54, 1.807) is 23.9 Å². The van der Waals surface area contributed by atoms with E-state index < -0.39 is 0 Å². The molecule has 0 unspecified atom stereocenters. The molecule has 0 saturated carbocycles. The quantitative estimate of drug-likeness (QED) is 0.300. The van der Waals surface area contributed by atoms with Gasteiger partial charge in [-0.05, 0) is 36.2 Å². The number of aliphatic imine (C=N–C) groups is 1. The molecule has 0 aliphatic heterocycles. The van der Waals surface area contributed by atoms with Gasteiger partial charge in [0.1, 0.15) is 5.82 Å². The third-order valence-corrected chi connectivity index (χ3v) is 4.01. The first-order valence-corrected chi connectivity index (χ1v) is 8.25. The lowest BCUT2D eigenvalue weighted by atomic mass is 10.2. The molecule has 0 atom stereocenters. The van der Waals surface area contributed by atoms with Crippen LogP contribution in [0.1, 0.15) is 11.1 Å². The fraction of sp³-hybridized carbons (Fsp3) is 0.235. The van der Waals surface area contributed by atoms with Crippen molar-refractivity contribution >= 4 is 47.4 Å². The zero-order valence-electron chi connectivity index (χ0n) is 13.0. The van der Waals surface area contributed by atoms with Crippen molar-refractivity contribution in [3.05, 3.63) is 65.5 Å². The van der Waals surface area contributed by atoms with Gasteiger partial charge in [0.2, 0.25) is 0 Å². The number of rotatable bonds is 6. The van der Waals surface area contributed by atoms with Crippen LogP contribution in [0.25, 0.3) is 0 Å². The Morgan fingerprint density at radius 2 is 2.00 bits per heavy atom. The van der Waals surface area contributed by atoms with Gasteiger partial charge >= 0.3 is 0 Å². The van der Waals surface area contributed by atoms with Crippen LogP contribution in [0.5, 0.6) is 0 Å². The van der Waals surface area contributed by atoms with Gasteiger partial charge < -0.3 is 11.1 Å². The van der Waals surface area contributed by atoms with E-state index in [1.807, 2.05) is 37.3 Å². The summed E-state index contributed by atoms with van der Waals surface area (Å²) in [5.74, 6) is 1.69. The summed E-state index contributed by atoms with van der Waals surface area (Å²) in [4.78, 5) is 4.27. The summed E-state index contributed by atoms with van der Waals surface area (Å²) < 4.78 is 13.4. The van der Waals surface area contributed by atoms with Crippen molar-refractivity contribution in [2.24, 2.45) is 10.7 Å². The van der Waals surface area contributed by atoms with E-state index >= 15 is 0 Å². The molecule has 3 N–H and O–H groups in total. The highest BCUT2D eigenvalue weighted by Gasteiger charge is 2.00. The topological polar surface area (TPSA) is 50.4 Å². The summed E-state index contributed by atoms with van der Waals surface area (Å²) >= 11 is 1.64. The molecule has 124 valence electrons. The molecule has 23 heavy (non-hydrogen) atoms. The molecular formula is C17H21FIN3S. The van der Waals surface area contributed by atoms with E-state index in [2.05, 4.69) is 10.3 Å². The van der Waals surface area contributed by atoms with Crippen LogP contribution in [0.4, 0.5) is 10.1 Å². The number of hydrogen-bond donors (Lipinski definition) is 2. The molecule has 0 heterocycles. The van der Waals surface area contributed by atoms with Crippen molar-refractivity contribution in [2.45, 2.75) is 12.7 Å². The summed E-state index contributed by atoms with van der Waals surface area (Å²) in [5.41, 5.74) is 8.66. The monoisotopic (exact) mass is 445 g/mol. The molecule has 0 bridgehead atoms. The number of hydrogen-bond acceptors (Lipinski definition) is 2. The molecule has 6 heteroatoms. The van der Waals surface area contributed by atoms with E-state index in [4.69, 9.17) is 5.73 Å². The minimum absolute atomic E-state index is 0. The van der Waals surface area contributed by atoms with Gasteiger partial charge in [0, 0.05) is 17.2 Å². The highest BCUT2D eigenvalue weighted by Crippen LogP contribution is 2.15. The van der Waals surface area contributed by atoms with Crippen molar-refractivity contribution in [3.8, 4) is 0 Å². The first-order chi connectivity index (χ1) is 10.6. The lowest BCUT2D eigenvalue weighted by Crippen LogP contribution is -2.23. The maximum absolute atomic E-state index is 13.4. The van der Waals surface area contributed by atoms with Gasteiger partial charge in [0.15, 0.2) is 5.96 Å². The Balaban J connectivity index is 0.00000264. The first kappa shape index (κ1) is 19.8. The lowest BCUT2D eigenvalue weighted by molar-refractivity contribution is 0.617. The number of guanidine groups is 1. The van der Waals surface area contributed by atoms with Crippen LogP contribution in [0.2, 0.25) is 0 Å². The zero-order valence-corrected chi connectivity index (χ0v) is 16.1. The maximum atomic E-state index is 13.4. The smallest absolute Gasteiger partial charge is 0.193 e. The number of aryl methyl sites for hydroxylation is 1. The fourth-order valence-corrected chi connectivity index (χ4v) is 2.76. The molecular weight excluding hydrogens is 424 g/mol. The molecule has 0 radical (unpaired) electrons. The lowest BCUT2D eigenvalue weighted by Gasteiger charge is -2.06. The predicted molar refractivity (Wildman–Crippen MR) is 109 cm³/mol. The Hall–Kier alpha value is -1.28. The van der Waals surface area contributed by atoms with Gasteiger partial charge in [0.25, 0.3) is 0 Å². The van der Waals surface area contributed by atoms with Gasteiger partial charge in [-0.15, -0.1) is 24.0 Å². The van der Waals surface area contributed by atoms with Crippen LogP contribution in [-0.4, -0.2) is 18.3 Å². The van der Waals surface area contributed by atoms with Crippen molar-refractivity contribution in [2.75, 3.05) is 17.6 Å². The molecule has 2 aromatic carbocycles. The van der Waals surface area contributed by atoms with Gasteiger partial charge in [-0.2, -0.15) is 11.8 Å². The van der Waals surface area contributed by atoms with Crippen LogP contribution in [0.3, 0.4) is 0 Å². The van der Waals surface area contributed by atoms with Crippen molar-refractivity contribution in [1.29, 1.82) is 0 Å². The standard InChI is InChI=1S/C17H20FN3S.HI/c1-13-5-4-7-15(11-13)21-17(19)20-9-10-22-12-14-6-2-3-8-16(14)18;/h2-8,11H,9-10,12H2,1H3,(H3,19,20,21);1H. The van der Waals surface area contributed by atoms with Gasteiger partial charge in [0.05, 0.1) is 6.54 Å². The summed E-state index contributed by atoms with van der Waals surface area (Å²) in [6.45, 7) is 2.63. The zero-order chi connectivity index (χ0) is 15.8. The van der Waals surface area contributed by atoms with Crippen LogP contribution in [0.15, 0.2) is 53.5 Å². The second-order valence-electron chi connectivity index (χ2n) is 4.91. The molecule has 2 aromatic rings. The molecule has 0 aliphatic carbocycles. The molecule has 2 rings (SSSR count). The number of nitrogens with one attached hydrogen (secondary N) is 1. The normalized spacial score (nSPS) is 11.0. The highest BCUT2D eigenvalue weighted by molar-refractivity contribution is 14.0. The van der Waals surface area contributed by atoms with E-state index in [9.17, 15) is 4.39 Å². The minimum Gasteiger partial charge on any atom is -0.370 e.